The molecule has 0 unspecified atom stereocenters. The maximum absolute atomic E-state index is 13.4. The summed E-state index contributed by atoms with van der Waals surface area (Å²) >= 11 is 5.52. The number of hydrogen-bond donors (Lipinski definition) is 2. The van der Waals surface area contributed by atoms with Crippen molar-refractivity contribution < 1.29 is 13.9 Å². The first kappa shape index (κ1) is 11.6. The third kappa shape index (κ3) is 2.12. The summed E-state index contributed by atoms with van der Waals surface area (Å²) in [6, 6.07) is 1.15. The number of carbonyl (C=O) groups is 1. The molecular weight excluding hydrogens is 223 g/mol. The molecule has 0 aliphatic heterocycles. The number of esters is 1. The highest BCUT2D eigenvalue weighted by Gasteiger charge is 2.21. The normalized spacial score (nSPS) is 10.1. The average molecular weight is 233 g/mol. The lowest BCUT2D eigenvalue weighted by Gasteiger charge is -2.09. The average Bonchev–Trinajstić information content (AvgIpc) is 2.16. The number of rotatable bonds is 2. The minimum absolute atomic E-state index is 0.0458. The summed E-state index contributed by atoms with van der Waals surface area (Å²) < 4.78 is 18.1. The van der Waals surface area contributed by atoms with Crippen molar-refractivity contribution in [1.29, 1.82) is 0 Å². The van der Waals surface area contributed by atoms with E-state index in [2.05, 4.69) is 4.74 Å². The van der Waals surface area contributed by atoms with E-state index >= 15 is 0 Å². The molecule has 0 saturated carbocycles. The fourth-order valence-corrected chi connectivity index (χ4v) is 1.27. The molecule has 0 amide bonds. The number of carbonyl (C=O) groups excluding carboxylic acids is 1. The van der Waals surface area contributed by atoms with E-state index in [1.165, 1.54) is 0 Å². The fourth-order valence-electron chi connectivity index (χ4n) is 1.06. The largest absolute Gasteiger partial charge is 0.462 e. The minimum Gasteiger partial charge on any atom is -0.462 e. The van der Waals surface area contributed by atoms with Gasteiger partial charge < -0.3 is 16.2 Å². The topological polar surface area (TPSA) is 78.3 Å². The Kier molecular flexibility index (Phi) is 3.36. The molecule has 0 fully saturated rings. The zero-order valence-corrected chi connectivity index (χ0v) is 8.77. The molecule has 4 nitrogen and oxygen atoms in total. The van der Waals surface area contributed by atoms with Crippen molar-refractivity contribution in [2.75, 3.05) is 18.1 Å². The Balaban J connectivity index is 3.32. The van der Waals surface area contributed by atoms with Gasteiger partial charge in [-0.3, -0.25) is 0 Å². The van der Waals surface area contributed by atoms with Gasteiger partial charge in [-0.1, -0.05) is 11.6 Å². The van der Waals surface area contributed by atoms with Crippen LogP contribution < -0.4 is 11.5 Å². The summed E-state index contributed by atoms with van der Waals surface area (Å²) in [7, 11) is 0. The maximum atomic E-state index is 13.4. The van der Waals surface area contributed by atoms with Crippen LogP contribution in [0.15, 0.2) is 6.07 Å². The van der Waals surface area contributed by atoms with Crippen molar-refractivity contribution in [2.45, 2.75) is 6.92 Å². The van der Waals surface area contributed by atoms with Crippen LogP contribution in [0.5, 0.6) is 0 Å². The molecule has 1 rings (SSSR count). The third-order valence-corrected chi connectivity index (χ3v) is 2.05. The van der Waals surface area contributed by atoms with Crippen LogP contribution in [0.3, 0.4) is 0 Å². The Bertz CT molecular complexity index is 383. The van der Waals surface area contributed by atoms with Gasteiger partial charge in [0, 0.05) is 0 Å². The van der Waals surface area contributed by atoms with Crippen LogP contribution in [0.1, 0.15) is 17.3 Å². The molecule has 0 saturated heterocycles. The Morgan fingerprint density at radius 1 is 1.60 bits per heavy atom. The quantitative estimate of drug-likeness (QED) is 0.602. The van der Waals surface area contributed by atoms with E-state index in [-0.39, 0.29) is 23.0 Å². The number of anilines is 2. The van der Waals surface area contributed by atoms with Crippen molar-refractivity contribution >= 4 is 28.9 Å². The van der Waals surface area contributed by atoms with Crippen molar-refractivity contribution in [3.8, 4) is 0 Å². The van der Waals surface area contributed by atoms with Gasteiger partial charge in [-0.2, -0.15) is 0 Å². The molecule has 1 aromatic rings. The molecule has 4 N–H and O–H groups in total. The minimum atomic E-state index is -0.915. The highest BCUT2D eigenvalue weighted by atomic mass is 35.5. The fraction of sp³-hybridized carbons (Fsp3) is 0.222. The van der Waals surface area contributed by atoms with Gasteiger partial charge in [0.25, 0.3) is 0 Å². The van der Waals surface area contributed by atoms with E-state index in [1.54, 1.807) is 6.92 Å². The van der Waals surface area contributed by atoms with Crippen LogP contribution in [-0.2, 0) is 4.74 Å². The molecule has 0 aliphatic carbocycles. The highest BCUT2D eigenvalue weighted by molar-refractivity contribution is 6.31. The molecule has 0 radical (unpaired) electrons. The number of benzene rings is 1. The molecule has 0 aliphatic rings. The van der Waals surface area contributed by atoms with Gasteiger partial charge in [-0.05, 0) is 13.0 Å². The van der Waals surface area contributed by atoms with E-state index in [0.717, 1.165) is 6.07 Å². The molecule has 1 aromatic carbocycles. The van der Waals surface area contributed by atoms with E-state index in [1.807, 2.05) is 0 Å². The molecule has 15 heavy (non-hydrogen) atoms. The Labute approximate surface area is 90.9 Å². The first-order valence-electron chi connectivity index (χ1n) is 4.19. The number of halogens is 2. The van der Waals surface area contributed by atoms with Crippen LogP contribution in [0.2, 0.25) is 5.02 Å². The zero-order chi connectivity index (χ0) is 11.6. The molecule has 82 valence electrons. The van der Waals surface area contributed by atoms with Crippen molar-refractivity contribution in [1.82, 2.24) is 0 Å². The zero-order valence-electron chi connectivity index (χ0n) is 8.01. The molecule has 0 aromatic heterocycles. The Morgan fingerprint density at radius 3 is 2.73 bits per heavy atom. The van der Waals surface area contributed by atoms with Crippen LogP contribution in [0.4, 0.5) is 15.8 Å². The summed E-state index contributed by atoms with van der Waals surface area (Å²) in [6.45, 7) is 1.71. The Hall–Kier alpha value is -1.49. The lowest BCUT2D eigenvalue weighted by atomic mass is 10.1. The smallest absolute Gasteiger partial charge is 0.343 e. The van der Waals surface area contributed by atoms with Gasteiger partial charge in [-0.15, -0.1) is 0 Å². The summed E-state index contributed by atoms with van der Waals surface area (Å²) in [5, 5.41) is -0.259. The summed E-state index contributed by atoms with van der Waals surface area (Å²) in [6.07, 6.45) is 0. The summed E-state index contributed by atoms with van der Waals surface area (Å²) in [4.78, 5) is 11.3. The number of hydrogen-bond acceptors (Lipinski definition) is 4. The van der Waals surface area contributed by atoms with Gasteiger partial charge in [0.2, 0.25) is 0 Å². The summed E-state index contributed by atoms with van der Waals surface area (Å²) in [5.74, 6) is -1.79. The predicted octanol–water partition coefficient (Wildman–Crippen LogP) is 1.82. The maximum Gasteiger partial charge on any atom is 0.343 e. The Morgan fingerprint density at radius 2 is 2.20 bits per heavy atom. The van der Waals surface area contributed by atoms with E-state index in [9.17, 15) is 9.18 Å². The molecule has 0 atom stereocenters. The lowest BCUT2D eigenvalue weighted by Crippen LogP contribution is -2.12. The first-order valence-corrected chi connectivity index (χ1v) is 4.56. The molecular formula is C9H10ClFN2O2. The van der Waals surface area contributed by atoms with E-state index in [4.69, 9.17) is 23.1 Å². The monoisotopic (exact) mass is 232 g/mol. The van der Waals surface area contributed by atoms with Crippen molar-refractivity contribution in [3.05, 3.63) is 22.5 Å². The molecule has 6 heteroatoms. The van der Waals surface area contributed by atoms with Crippen molar-refractivity contribution in [3.63, 3.8) is 0 Å². The van der Waals surface area contributed by atoms with Crippen molar-refractivity contribution in [2.24, 2.45) is 0 Å². The second-order valence-electron chi connectivity index (χ2n) is 2.77. The molecule has 0 heterocycles. The number of nitrogen functional groups attached to an aromatic ring is 2. The van der Waals surface area contributed by atoms with Crippen LogP contribution >= 0.6 is 11.6 Å². The lowest BCUT2D eigenvalue weighted by molar-refractivity contribution is 0.0522. The standard InChI is InChI=1S/C9H10ClFN2O2/c1-2-15-9(14)6-7(11)4(10)3-5(12)8(6)13/h3H,2,12-13H2,1H3. The van der Waals surface area contributed by atoms with Crippen LogP contribution in [-0.4, -0.2) is 12.6 Å². The van der Waals surface area contributed by atoms with Gasteiger partial charge in [0.15, 0.2) is 5.82 Å². The number of ether oxygens (including phenoxy) is 1. The van der Waals surface area contributed by atoms with Gasteiger partial charge >= 0.3 is 5.97 Å². The first-order chi connectivity index (χ1) is 6.99. The second kappa shape index (κ2) is 4.35. The van der Waals surface area contributed by atoms with Crippen LogP contribution in [0, 0.1) is 5.82 Å². The van der Waals surface area contributed by atoms with E-state index < -0.39 is 17.3 Å². The van der Waals surface area contributed by atoms with Crippen LogP contribution in [0.25, 0.3) is 0 Å². The highest BCUT2D eigenvalue weighted by Crippen LogP contribution is 2.29. The predicted molar refractivity (Wildman–Crippen MR) is 56.2 cm³/mol. The molecule has 0 spiro atoms. The number of nitrogens with two attached hydrogens (primary N) is 2. The van der Waals surface area contributed by atoms with Gasteiger partial charge in [0.1, 0.15) is 5.56 Å². The second-order valence-corrected chi connectivity index (χ2v) is 3.18. The molecule has 0 bridgehead atoms. The SMILES string of the molecule is CCOC(=O)c1c(N)c(N)cc(Cl)c1F. The van der Waals surface area contributed by atoms with E-state index in [0.29, 0.717) is 0 Å². The summed E-state index contributed by atoms with van der Waals surface area (Å²) in [5.41, 5.74) is 10.4. The third-order valence-electron chi connectivity index (χ3n) is 1.77. The van der Waals surface area contributed by atoms with Gasteiger partial charge in [-0.25, -0.2) is 9.18 Å². The van der Waals surface area contributed by atoms with Gasteiger partial charge in [0.05, 0.1) is 23.0 Å².